The van der Waals surface area contributed by atoms with Crippen LogP contribution in [0, 0.1) is 18.6 Å². The van der Waals surface area contributed by atoms with Gasteiger partial charge in [-0.2, -0.15) is 0 Å². The van der Waals surface area contributed by atoms with Crippen LogP contribution in [0.15, 0.2) is 12.1 Å². The zero-order chi connectivity index (χ0) is 16.4. The highest BCUT2D eigenvalue weighted by molar-refractivity contribution is 5.94. The second-order valence-corrected chi connectivity index (χ2v) is 5.37. The first-order valence-electron chi connectivity index (χ1n) is 7.03. The molecule has 1 unspecified atom stereocenters. The molecule has 0 bridgehead atoms. The molecule has 1 fully saturated rings. The summed E-state index contributed by atoms with van der Waals surface area (Å²) in [5, 5.41) is 9.26. The van der Waals surface area contributed by atoms with Crippen molar-refractivity contribution >= 4 is 11.8 Å². The zero-order valence-electron chi connectivity index (χ0n) is 12.5. The standard InChI is InChI=1S/C15H18F2N2O3/c1-9-7-13(17)11(8-12(9)16)15(22)19-5-3-18(4-6-19)14(21)10(2)20/h7-8,10,20H,3-6H2,1-2H3. The maximum Gasteiger partial charge on any atom is 0.257 e. The van der Waals surface area contributed by atoms with Crippen molar-refractivity contribution in [1.29, 1.82) is 0 Å². The molecule has 1 saturated heterocycles. The van der Waals surface area contributed by atoms with Crippen molar-refractivity contribution < 1.29 is 23.5 Å². The van der Waals surface area contributed by atoms with Gasteiger partial charge in [-0.25, -0.2) is 8.78 Å². The first-order valence-corrected chi connectivity index (χ1v) is 7.03. The van der Waals surface area contributed by atoms with Crippen LogP contribution in [0.3, 0.4) is 0 Å². The molecule has 0 spiro atoms. The van der Waals surface area contributed by atoms with Crippen LogP contribution in [0.4, 0.5) is 8.78 Å². The van der Waals surface area contributed by atoms with Crippen LogP contribution in [0.5, 0.6) is 0 Å². The Hall–Kier alpha value is -2.02. The first-order chi connectivity index (χ1) is 10.3. The SMILES string of the molecule is Cc1cc(F)c(C(=O)N2CCN(C(=O)C(C)O)CC2)cc1F. The number of aliphatic hydroxyl groups is 1. The Morgan fingerprint density at radius 1 is 1.09 bits per heavy atom. The van der Waals surface area contributed by atoms with E-state index < -0.39 is 29.6 Å². The van der Waals surface area contributed by atoms with Gasteiger partial charge in [0, 0.05) is 26.2 Å². The zero-order valence-corrected chi connectivity index (χ0v) is 12.5. The summed E-state index contributed by atoms with van der Waals surface area (Å²) in [6, 6.07) is 1.90. The number of aryl methyl sites for hydroxylation is 1. The van der Waals surface area contributed by atoms with Gasteiger partial charge in [0.2, 0.25) is 0 Å². The number of halogens is 2. The summed E-state index contributed by atoms with van der Waals surface area (Å²) < 4.78 is 27.4. The summed E-state index contributed by atoms with van der Waals surface area (Å²) in [5.41, 5.74) is -0.167. The highest BCUT2D eigenvalue weighted by Gasteiger charge is 2.28. The van der Waals surface area contributed by atoms with Crippen LogP contribution in [0.25, 0.3) is 0 Å². The number of nitrogens with zero attached hydrogens (tertiary/aromatic N) is 2. The third kappa shape index (κ3) is 3.24. The Morgan fingerprint density at radius 3 is 2.18 bits per heavy atom. The fraction of sp³-hybridized carbons (Fsp3) is 0.467. The number of carbonyl (C=O) groups is 2. The fourth-order valence-corrected chi connectivity index (χ4v) is 2.37. The monoisotopic (exact) mass is 312 g/mol. The predicted molar refractivity (Wildman–Crippen MR) is 75.3 cm³/mol. The number of hydrogen-bond donors (Lipinski definition) is 1. The van der Waals surface area contributed by atoms with Crippen molar-refractivity contribution in [3.8, 4) is 0 Å². The van der Waals surface area contributed by atoms with Crippen LogP contribution in [-0.2, 0) is 4.79 Å². The van der Waals surface area contributed by atoms with Gasteiger partial charge in [-0.05, 0) is 31.5 Å². The third-order valence-electron chi connectivity index (χ3n) is 3.71. The number of carbonyl (C=O) groups excluding carboxylic acids is 2. The van der Waals surface area contributed by atoms with Crippen molar-refractivity contribution in [2.45, 2.75) is 20.0 Å². The Bertz CT molecular complexity index is 597. The molecule has 1 heterocycles. The molecule has 0 aromatic heterocycles. The first kappa shape index (κ1) is 16.4. The van der Waals surface area contributed by atoms with Gasteiger partial charge in [0.25, 0.3) is 11.8 Å². The predicted octanol–water partition coefficient (Wildman–Crippen LogP) is 0.938. The fourth-order valence-electron chi connectivity index (χ4n) is 2.37. The van der Waals surface area contributed by atoms with Gasteiger partial charge in [-0.15, -0.1) is 0 Å². The largest absolute Gasteiger partial charge is 0.384 e. The van der Waals surface area contributed by atoms with Gasteiger partial charge < -0.3 is 14.9 Å². The number of piperazine rings is 1. The second kappa shape index (κ2) is 6.39. The maximum absolute atomic E-state index is 13.8. The lowest BCUT2D eigenvalue weighted by Crippen LogP contribution is -2.52. The summed E-state index contributed by atoms with van der Waals surface area (Å²) >= 11 is 0. The molecule has 2 rings (SSSR count). The van der Waals surface area contributed by atoms with Crippen LogP contribution >= 0.6 is 0 Å². The Morgan fingerprint density at radius 2 is 1.64 bits per heavy atom. The van der Waals surface area contributed by atoms with Crippen molar-refractivity contribution in [1.82, 2.24) is 9.80 Å². The molecule has 1 aliphatic heterocycles. The number of hydrogen-bond acceptors (Lipinski definition) is 3. The van der Waals surface area contributed by atoms with E-state index in [2.05, 4.69) is 0 Å². The summed E-state index contributed by atoms with van der Waals surface area (Å²) in [7, 11) is 0. The number of benzene rings is 1. The molecule has 120 valence electrons. The average Bonchev–Trinajstić information content (AvgIpc) is 2.49. The van der Waals surface area contributed by atoms with E-state index in [1.807, 2.05) is 0 Å². The Labute approximate surface area is 127 Å². The lowest BCUT2D eigenvalue weighted by atomic mass is 10.1. The molecule has 5 nitrogen and oxygen atoms in total. The van der Waals surface area contributed by atoms with Crippen molar-refractivity contribution in [3.05, 3.63) is 34.9 Å². The molecule has 22 heavy (non-hydrogen) atoms. The molecule has 1 aromatic rings. The summed E-state index contributed by atoms with van der Waals surface area (Å²) in [6.07, 6.45) is -1.09. The van der Waals surface area contributed by atoms with Gasteiger partial charge in [-0.3, -0.25) is 9.59 Å². The average molecular weight is 312 g/mol. The minimum Gasteiger partial charge on any atom is -0.384 e. The Balaban J connectivity index is 2.07. The summed E-state index contributed by atoms with van der Waals surface area (Å²) in [5.74, 6) is -2.39. The van der Waals surface area contributed by atoms with Crippen LogP contribution in [-0.4, -0.2) is 59.0 Å². The number of amides is 2. The van der Waals surface area contributed by atoms with Gasteiger partial charge in [0.1, 0.15) is 17.7 Å². The van der Waals surface area contributed by atoms with Gasteiger partial charge in [-0.1, -0.05) is 0 Å². The quantitative estimate of drug-likeness (QED) is 0.884. The van der Waals surface area contributed by atoms with Crippen LogP contribution < -0.4 is 0 Å². The molecule has 1 N–H and O–H groups in total. The summed E-state index contributed by atoms with van der Waals surface area (Å²) in [4.78, 5) is 26.7. The number of rotatable bonds is 2. The third-order valence-corrected chi connectivity index (χ3v) is 3.71. The molecule has 0 aliphatic carbocycles. The van der Waals surface area contributed by atoms with E-state index in [1.54, 1.807) is 0 Å². The smallest absolute Gasteiger partial charge is 0.257 e. The topological polar surface area (TPSA) is 60.9 Å². The number of aliphatic hydroxyl groups excluding tert-OH is 1. The molecule has 7 heteroatoms. The minimum atomic E-state index is -1.09. The van der Waals surface area contributed by atoms with Crippen molar-refractivity contribution in [3.63, 3.8) is 0 Å². The molecule has 0 radical (unpaired) electrons. The lowest BCUT2D eigenvalue weighted by molar-refractivity contribution is -0.140. The molecule has 1 aromatic carbocycles. The van der Waals surface area contributed by atoms with Gasteiger partial charge in [0.15, 0.2) is 0 Å². The highest BCUT2D eigenvalue weighted by Crippen LogP contribution is 2.17. The van der Waals surface area contributed by atoms with E-state index in [-0.39, 0.29) is 37.3 Å². The Kier molecular flexibility index (Phi) is 4.75. The molecule has 2 amide bonds. The van der Waals surface area contributed by atoms with E-state index in [1.165, 1.54) is 23.6 Å². The van der Waals surface area contributed by atoms with E-state index >= 15 is 0 Å². The lowest BCUT2D eigenvalue weighted by Gasteiger charge is -2.35. The van der Waals surface area contributed by atoms with E-state index in [0.29, 0.717) is 0 Å². The molecule has 0 saturated carbocycles. The molecule has 1 atom stereocenters. The summed E-state index contributed by atoms with van der Waals surface area (Å²) in [6.45, 7) is 3.74. The molecule has 1 aliphatic rings. The van der Waals surface area contributed by atoms with E-state index in [9.17, 15) is 23.5 Å². The normalized spacial score (nSPS) is 16.6. The van der Waals surface area contributed by atoms with Crippen LogP contribution in [0.2, 0.25) is 0 Å². The van der Waals surface area contributed by atoms with E-state index in [0.717, 1.165) is 12.1 Å². The highest BCUT2D eigenvalue weighted by atomic mass is 19.1. The van der Waals surface area contributed by atoms with Gasteiger partial charge >= 0.3 is 0 Å². The van der Waals surface area contributed by atoms with E-state index in [4.69, 9.17) is 0 Å². The van der Waals surface area contributed by atoms with Gasteiger partial charge in [0.05, 0.1) is 5.56 Å². The van der Waals surface area contributed by atoms with Crippen molar-refractivity contribution in [2.24, 2.45) is 0 Å². The molecular weight excluding hydrogens is 294 g/mol. The molecular formula is C15H18F2N2O3. The van der Waals surface area contributed by atoms with Crippen molar-refractivity contribution in [2.75, 3.05) is 26.2 Å². The second-order valence-electron chi connectivity index (χ2n) is 5.37. The minimum absolute atomic E-state index is 0.140. The maximum atomic E-state index is 13.8. The van der Waals surface area contributed by atoms with Crippen LogP contribution in [0.1, 0.15) is 22.8 Å².